The normalized spacial score (nSPS) is 19.4. The number of rotatable bonds is 4. The van der Waals surface area contributed by atoms with Crippen LogP contribution in [-0.4, -0.2) is 38.2 Å². The topological polar surface area (TPSA) is 103 Å². The van der Waals surface area contributed by atoms with Crippen LogP contribution in [0.5, 0.6) is 0 Å². The number of anilines is 1. The van der Waals surface area contributed by atoms with Crippen LogP contribution in [0.4, 0.5) is 23.9 Å². The third-order valence-corrected chi connectivity index (χ3v) is 6.01. The van der Waals surface area contributed by atoms with Gasteiger partial charge in [0, 0.05) is 39.9 Å². The molecule has 2 aromatic heterocycles. The third-order valence-electron chi connectivity index (χ3n) is 5.35. The molecule has 1 saturated carbocycles. The SMILES string of the molecule is O=C(O)N[C@H]1CCC[C@H](Nc2ncc(C(F)(F)F)c(-c3c[nH]c4c(Br)cccc34)n2)C1. The van der Waals surface area contributed by atoms with Gasteiger partial charge in [0.1, 0.15) is 5.56 Å². The lowest BCUT2D eigenvalue weighted by atomic mass is 9.91. The molecule has 1 aromatic carbocycles. The van der Waals surface area contributed by atoms with Gasteiger partial charge in [-0.25, -0.2) is 14.8 Å². The molecule has 2 heterocycles. The molecule has 164 valence electrons. The second-order valence-corrected chi connectivity index (χ2v) is 8.33. The zero-order valence-corrected chi connectivity index (χ0v) is 17.7. The van der Waals surface area contributed by atoms with Crippen molar-refractivity contribution in [2.24, 2.45) is 0 Å². The van der Waals surface area contributed by atoms with Gasteiger partial charge in [-0.15, -0.1) is 0 Å². The number of hydrogen-bond donors (Lipinski definition) is 4. The number of aromatic amines is 1. The van der Waals surface area contributed by atoms with Crippen LogP contribution in [0.1, 0.15) is 31.2 Å². The van der Waals surface area contributed by atoms with E-state index in [0.29, 0.717) is 29.3 Å². The number of fused-ring (bicyclic) bond motifs is 1. The molecule has 31 heavy (non-hydrogen) atoms. The van der Waals surface area contributed by atoms with E-state index in [9.17, 15) is 18.0 Å². The Balaban J connectivity index is 1.69. The van der Waals surface area contributed by atoms with Gasteiger partial charge in [-0.05, 0) is 47.7 Å². The van der Waals surface area contributed by atoms with Gasteiger partial charge in [-0.2, -0.15) is 13.2 Å². The molecule has 1 aliphatic carbocycles. The molecule has 11 heteroatoms. The fourth-order valence-electron chi connectivity index (χ4n) is 3.99. The number of carbonyl (C=O) groups is 1. The van der Waals surface area contributed by atoms with E-state index in [-0.39, 0.29) is 23.7 Å². The van der Waals surface area contributed by atoms with Crippen LogP contribution in [0.25, 0.3) is 22.2 Å². The van der Waals surface area contributed by atoms with Gasteiger partial charge in [0.2, 0.25) is 5.95 Å². The summed E-state index contributed by atoms with van der Waals surface area (Å²) >= 11 is 3.40. The van der Waals surface area contributed by atoms with Crippen LogP contribution < -0.4 is 10.6 Å². The number of halogens is 4. The lowest BCUT2D eigenvalue weighted by Crippen LogP contribution is -2.41. The van der Waals surface area contributed by atoms with Gasteiger partial charge in [0.25, 0.3) is 0 Å². The minimum absolute atomic E-state index is 0.0771. The average molecular weight is 498 g/mol. The molecule has 0 bridgehead atoms. The summed E-state index contributed by atoms with van der Waals surface area (Å²) in [6.45, 7) is 0. The number of amides is 1. The molecular weight excluding hydrogens is 479 g/mol. The van der Waals surface area contributed by atoms with E-state index in [1.165, 1.54) is 6.20 Å². The monoisotopic (exact) mass is 497 g/mol. The van der Waals surface area contributed by atoms with Crippen LogP contribution in [0.2, 0.25) is 0 Å². The predicted octanol–water partition coefficient (Wildman–Crippen LogP) is 5.40. The van der Waals surface area contributed by atoms with E-state index in [4.69, 9.17) is 5.11 Å². The Kier molecular flexibility index (Phi) is 5.78. The highest BCUT2D eigenvalue weighted by Gasteiger charge is 2.36. The van der Waals surface area contributed by atoms with Crippen LogP contribution in [0.3, 0.4) is 0 Å². The number of para-hydroxylation sites is 1. The lowest BCUT2D eigenvalue weighted by Gasteiger charge is -2.29. The second kappa shape index (κ2) is 8.37. The molecule has 0 spiro atoms. The Morgan fingerprint density at radius 3 is 2.77 bits per heavy atom. The van der Waals surface area contributed by atoms with Gasteiger partial charge in [0.05, 0.1) is 11.2 Å². The molecule has 0 aliphatic heterocycles. The lowest BCUT2D eigenvalue weighted by molar-refractivity contribution is -0.137. The summed E-state index contributed by atoms with van der Waals surface area (Å²) in [6.07, 6.45) is -0.666. The van der Waals surface area contributed by atoms with Crippen molar-refractivity contribution < 1.29 is 23.1 Å². The second-order valence-electron chi connectivity index (χ2n) is 7.47. The predicted molar refractivity (Wildman–Crippen MR) is 113 cm³/mol. The van der Waals surface area contributed by atoms with Crippen molar-refractivity contribution in [3.63, 3.8) is 0 Å². The van der Waals surface area contributed by atoms with Crippen LogP contribution in [0, 0.1) is 0 Å². The molecule has 1 fully saturated rings. The molecule has 1 aliphatic rings. The Morgan fingerprint density at radius 2 is 2.03 bits per heavy atom. The molecule has 0 radical (unpaired) electrons. The Labute approximate surface area is 183 Å². The third kappa shape index (κ3) is 4.60. The standard InChI is InChI=1S/C20H19BrF3N5O2/c21-15-6-2-5-12-13(8-25-17(12)15)16-14(20(22,23)24)9-26-18(29-16)27-10-3-1-4-11(7-10)28-19(30)31/h2,5-6,8-11,25,28H,1,3-4,7H2,(H,30,31)(H,26,27,29)/t10-,11-/m0/s1. The average Bonchev–Trinajstić information content (AvgIpc) is 3.12. The number of aromatic nitrogens is 3. The summed E-state index contributed by atoms with van der Waals surface area (Å²) in [5.74, 6) is 0.0771. The van der Waals surface area contributed by atoms with Gasteiger partial charge < -0.3 is 20.7 Å². The molecule has 1 amide bonds. The van der Waals surface area contributed by atoms with Gasteiger partial charge >= 0.3 is 12.3 Å². The maximum Gasteiger partial charge on any atom is 0.419 e. The van der Waals surface area contributed by atoms with E-state index in [1.807, 2.05) is 0 Å². The summed E-state index contributed by atoms with van der Waals surface area (Å²) in [7, 11) is 0. The highest BCUT2D eigenvalue weighted by Crippen LogP contribution is 2.39. The van der Waals surface area contributed by atoms with Crippen molar-refractivity contribution in [2.75, 3.05) is 5.32 Å². The minimum Gasteiger partial charge on any atom is -0.465 e. The number of carboxylic acid groups (broad SMARTS) is 1. The first-order valence-electron chi connectivity index (χ1n) is 9.68. The van der Waals surface area contributed by atoms with Crippen molar-refractivity contribution in [3.05, 3.63) is 40.6 Å². The number of H-pyrrole nitrogens is 1. The maximum atomic E-state index is 13.7. The van der Waals surface area contributed by atoms with E-state index in [1.54, 1.807) is 18.2 Å². The van der Waals surface area contributed by atoms with Crippen molar-refractivity contribution in [1.29, 1.82) is 0 Å². The molecule has 4 N–H and O–H groups in total. The molecule has 0 unspecified atom stereocenters. The molecule has 4 rings (SSSR count). The summed E-state index contributed by atoms with van der Waals surface area (Å²) in [5, 5.41) is 15.1. The van der Waals surface area contributed by atoms with Gasteiger partial charge in [0.15, 0.2) is 0 Å². The Hall–Kier alpha value is -2.82. The zero-order valence-electron chi connectivity index (χ0n) is 16.1. The van der Waals surface area contributed by atoms with Crippen molar-refractivity contribution in [2.45, 2.75) is 43.9 Å². The van der Waals surface area contributed by atoms with Crippen molar-refractivity contribution >= 4 is 38.9 Å². The van der Waals surface area contributed by atoms with Gasteiger partial charge in [-0.3, -0.25) is 0 Å². The highest BCUT2D eigenvalue weighted by atomic mass is 79.9. The largest absolute Gasteiger partial charge is 0.465 e. The van der Waals surface area contributed by atoms with Crippen LogP contribution >= 0.6 is 15.9 Å². The quantitative estimate of drug-likeness (QED) is 0.386. The Bertz CT molecular complexity index is 1120. The molecule has 0 saturated heterocycles. The van der Waals surface area contributed by atoms with Crippen molar-refractivity contribution in [1.82, 2.24) is 20.3 Å². The Morgan fingerprint density at radius 1 is 1.26 bits per heavy atom. The van der Waals surface area contributed by atoms with E-state index in [2.05, 4.69) is 41.5 Å². The van der Waals surface area contributed by atoms with Crippen LogP contribution in [0.15, 0.2) is 35.1 Å². The summed E-state index contributed by atoms with van der Waals surface area (Å²) < 4.78 is 41.8. The fourth-order valence-corrected chi connectivity index (χ4v) is 4.47. The summed E-state index contributed by atoms with van der Waals surface area (Å²) in [5.41, 5.74) is -0.143. The number of nitrogens with one attached hydrogen (secondary N) is 3. The number of nitrogens with zero attached hydrogens (tertiary/aromatic N) is 2. The molecular formula is C20H19BrF3N5O2. The maximum absolute atomic E-state index is 13.7. The van der Waals surface area contributed by atoms with Gasteiger partial charge in [-0.1, -0.05) is 12.1 Å². The minimum atomic E-state index is -4.62. The fraction of sp³-hybridized carbons (Fsp3) is 0.350. The smallest absolute Gasteiger partial charge is 0.419 e. The number of alkyl halides is 3. The van der Waals surface area contributed by atoms with E-state index >= 15 is 0 Å². The highest BCUT2D eigenvalue weighted by molar-refractivity contribution is 9.10. The summed E-state index contributed by atoms with van der Waals surface area (Å²) in [6, 6.07) is 4.90. The number of hydrogen-bond acceptors (Lipinski definition) is 4. The van der Waals surface area contributed by atoms with E-state index < -0.39 is 17.8 Å². The first kappa shape index (κ1) is 21.4. The van der Waals surface area contributed by atoms with Crippen LogP contribution in [-0.2, 0) is 6.18 Å². The molecule has 7 nitrogen and oxygen atoms in total. The first-order chi connectivity index (χ1) is 14.7. The zero-order chi connectivity index (χ0) is 22.2. The number of benzene rings is 1. The molecule has 2 atom stereocenters. The van der Waals surface area contributed by atoms with E-state index in [0.717, 1.165) is 23.5 Å². The summed E-state index contributed by atoms with van der Waals surface area (Å²) in [4.78, 5) is 22.0. The molecule has 3 aromatic rings. The van der Waals surface area contributed by atoms with Crippen molar-refractivity contribution in [3.8, 4) is 11.3 Å². The first-order valence-corrected chi connectivity index (χ1v) is 10.5.